The number of ether oxygens (including phenoxy) is 2. The van der Waals surface area contributed by atoms with Crippen LogP contribution in [0.4, 0.5) is 17.1 Å². The van der Waals surface area contributed by atoms with E-state index in [4.69, 9.17) is 9.47 Å². The Kier molecular flexibility index (Phi) is 5.78. The number of nitro groups is 1. The minimum Gasteiger partial charge on any atom is -0.493 e. The summed E-state index contributed by atoms with van der Waals surface area (Å²) in [5.41, 5.74) is 1.58. The van der Waals surface area contributed by atoms with E-state index in [-0.39, 0.29) is 18.1 Å². The van der Waals surface area contributed by atoms with Crippen LogP contribution in [0.1, 0.15) is 5.56 Å². The minimum atomic E-state index is -0.454. The lowest BCUT2D eigenvalue weighted by Gasteiger charge is -2.12. The second kappa shape index (κ2) is 8.00. The second-order valence-corrected chi connectivity index (χ2v) is 5.18. The standard InChI is InChI=1S/C17H19N3O5/c1-11-13(5-4-6-14(11)20(22)23)18-10-17(21)19-12-7-8-15(24-2)16(9-12)25-3/h4-9,18H,10H2,1-3H3,(H,19,21). The van der Waals surface area contributed by atoms with Crippen LogP contribution in [-0.4, -0.2) is 31.6 Å². The van der Waals surface area contributed by atoms with Gasteiger partial charge in [-0.3, -0.25) is 14.9 Å². The molecule has 0 aliphatic heterocycles. The van der Waals surface area contributed by atoms with Crippen molar-refractivity contribution in [3.05, 3.63) is 52.1 Å². The third kappa shape index (κ3) is 4.37. The smallest absolute Gasteiger partial charge is 0.274 e. The van der Waals surface area contributed by atoms with Gasteiger partial charge in [0.25, 0.3) is 5.69 Å². The number of benzene rings is 2. The molecular weight excluding hydrogens is 326 g/mol. The van der Waals surface area contributed by atoms with E-state index in [1.807, 2.05) is 0 Å². The van der Waals surface area contributed by atoms with Gasteiger partial charge in [-0.1, -0.05) is 6.07 Å². The third-order valence-corrected chi connectivity index (χ3v) is 3.61. The van der Waals surface area contributed by atoms with Crippen LogP contribution in [0.15, 0.2) is 36.4 Å². The van der Waals surface area contributed by atoms with E-state index in [0.29, 0.717) is 28.4 Å². The largest absolute Gasteiger partial charge is 0.493 e. The van der Waals surface area contributed by atoms with Crippen molar-refractivity contribution < 1.29 is 19.2 Å². The van der Waals surface area contributed by atoms with Gasteiger partial charge in [-0.2, -0.15) is 0 Å². The molecule has 8 heteroatoms. The van der Waals surface area contributed by atoms with Crippen LogP contribution in [0.5, 0.6) is 11.5 Å². The fraction of sp³-hybridized carbons (Fsp3) is 0.235. The summed E-state index contributed by atoms with van der Waals surface area (Å²) in [6.07, 6.45) is 0. The number of methoxy groups -OCH3 is 2. The van der Waals surface area contributed by atoms with E-state index < -0.39 is 4.92 Å². The molecule has 2 N–H and O–H groups in total. The van der Waals surface area contributed by atoms with Crippen molar-refractivity contribution in [2.45, 2.75) is 6.92 Å². The molecule has 1 amide bonds. The molecule has 0 aliphatic rings. The fourth-order valence-corrected chi connectivity index (χ4v) is 2.31. The molecule has 0 fully saturated rings. The lowest BCUT2D eigenvalue weighted by Crippen LogP contribution is -2.22. The van der Waals surface area contributed by atoms with E-state index in [2.05, 4.69) is 10.6 Å². The van der Waals surface area contributed by atoms with Gasteiger partial charge in [0.05, 0.1) is 25.7 Å². The van der Waals surface area contributed by atoms with Crippen molar-refractivity contribution in [3.8, 4) is 11.5 Å². The molecule has 0 unspecified atom stereocenters. The number of rotatable bonds is 7. The summed E-state index contributed by atoms with van der Waals surface area (Å²) < 4.78 is 10.3. The maximum Gasteiger partial charge on any atom is 0.274 e. The lowest BCUT2D eigenvalue weighted by atomic mass is 10.1. The van der Waals surface area contributed by atoms with Gasteiger partial charge in [0.1, 0.15) is 0 Å². The highest BCUT2D eigenvalue weighted by Crippen LogP contribution is 2.29. The number of nitro benzene ring substituents is 1. The monoisotopic (exact) mass is 345 g/mol. The molecule has 132 valence electrons. The predicted octanol–water partition coefficient (Wildman–Crippen LogP) is 2.97. The summed E-state index contributed by atoms with van der Waals surface area (Å²) in [7, 11) is 3.04. The van der Waals surface area contributed by atoms with Crippen LogP contribution in [0.25, 0.3) is 0 Å². The van der Waals surface area contributed by atoms with Crippen molar-refractivity contribution >= 4 is 23.0 Å². The van der Waals surface area contributed by atoms with Gasteiger partial charge in [0.2, 0.25) is 5.91 Å². The molecule has 0 aromatic heterocycles. The van der Waals surface area contributed by atoms with E-state index in [0.717, 1.165) is 0 Å². The Morgan fingerprint density at radius 1 is 1.16 bits per heavy atom. The van der Waals surface area contributed by atoms with Crippen LogP contribution in [0, 0.1) is 17.0 Å². The number of nitrogens with one attached hydrogen (secondary N) is 2. The first kappa shape index (κ1) is 18.1. The number of hydrogen-bond acceptors (Lipinski definition) is 6. The van der Waals surface area contributed by atoms with Crippen molar-refractivity contribution in [2.24, 2.45) is 0 Å². The van der Waals surface area contributed by atoms with Gasteiger partial charge < -0.3 is 20.1 Å². The summed E-state index contributed by atoms with van der Waals surface area (Å²) in [6, 6.07) is 9.70. The average molecular weight is 345 g/mol. The predicted molar refractivity (Wildman–Crippen MR) is 94.5 cm³/mol. The van der Waals surface area contributed by atoms with Crippen LogP contribution in [-0.2, 0) is 4.79 Å². The number of carbonyl (C=O) groups is 1. The molecular formula is C17H19N3O5. The highest BCUT2D eigenvalue weighted by Gasteiger charge is 2.14. The topological polar surface area (TPSA) is 103 Å². The molecule has 0 aliphatic carbocycles. The summed E-state index contributed by atoms with van der Waals surface area (Å²) in [5.74, 6) is 0.770. The highest BCUT2D eigenvalue weighted by atomic mass is 16.6. The van der Waals surface area contributed by atoms with Crippen molar-refractivity contribution in [1.82, 2.24) is 0 Å². The van der Waals surface area contributed by atoms with Gasteiger partial charge in [-0.25, -0.2) is 0 Å². The first-order valence-electron chi connectivity index (χ1n) is 7.46. The van der Waals surface area contributed by atoms with Gasteiger partial charge in [-0.05, 0) is 25.1 Å². The minimum absolute atomic E-state index is 0.00491. The molecule has 0 saturated carbocycles. The van der Waals surface area contributed by atoms with Crippen LogP contribution in [0.3, 0.4) is 0 Å². The molecule has 2 rings (SSSR count). The number of carbonyl (C=O) groups excluding carboxylic acids is 1. The first-order valence-corrected chi connectivity index (χ1v) is 7.46. The normalized spacial score (nSPS) is 10.0. The summed E-state index contributed by atoms with van der Waals surface area (Å²) in [4.78, 5) is 22.6. The van der Waals surface area contributed by atoms with E-state index in [1.54, 1.807) is 37.3 Å². The molecule has 25 heavy (non-hydrogen) atoms. The zero-order valence-electron chi connectivity index (χ0n) is 14.2. The number of anilines is 2. The SMILES string of the molecule is COc1ccc(NC(=O)CNc2cccc([N+](=O)[O-])c2C)cc1OC. The number of amides is 1. The Balaban J connectivity index is 2.02. The van der Waals surface area contributed by atoms with Crippen molar-refractivity contribution in [1.29, 1.82) is 0 Å². The summed E-state index contributed by atoms with van der Waals surface area (Å²) in [5, 5.41) is 16.6. The van der Waals surface area contributed by atoms with E-state index in [1.165, 1.54) is 20.3 Å². The molecule has 0 atom stereocenters. The highest BCUT2D eigenvalue weighted by molar-refractivity contribution is 5.94. The van der Waals surface area contributed by atoms with Crippen molar-refractivity contribution in [3.63, 3.8) is 0 Å². The van der Waals surface area contributed by atoms with Gasteiger partial charge >= 0.3 is 0 Å². The Bertz CT molecular complexity index is 792. The summed E-state index contributed by atoms with van der Waals surface area (Å²) in [6.45, 7) is 1.60. The van der Waals surface area contributed by atoms with Crippen LogP contribution < -0.4 is 20.1 Å². The molecule has 8 nitrogen and oxygen atoms in total. The molecule has 0 saturated heterocycles. The van der Waals surface area contributed by atoms with Gasteiger partial charge in [-0.15, -0.1) is 0 Å². The zero-order chi connectivity index (χ0) is 18.4. The summed E-state index contributed by atoms with van der Waals surface area (Å²) >= 11 is 0. The Morgan fingerprint density at radius 3 is 2.52 bits per heavy atom. The van der Waals surface area contributed by atoms with Gasteiger partial charge in [0.15, 0.2) is 11.5 Å². The number of nitrogens with zero attached hydrogens (tertiary/aromatic N) is 1. The quantitative estimate of drug-likeness (QED) is 0.591. The fourth-order valence-electron chi connectivity index (χ4n) is 2.31. The lowest BCUT2D eigenvalue weighted by molar-refractivity contribution is -0.385. The Labute approximate surface area is 144 Å². The molecule has 0 heterocycles. The first-order chi connectivity index (χ1) is 12.0. The molecule has 0 bridgehead atoms. The van der Waals surface area contributed by atoms with Crippen molar-refractivity contribution in [2.75, 3.05) is 31.4 Å². The number of hydrogen-bond donors (Lipinski definition) is 2. The molecule has 2 aromatic rings. The van der Waals surface area contributed by atoms with Crippen LogP contribution in [0.2, 0.25) is 0 Å². The van der Waals surface area contributed by atoms with Gasteiger partial charge in [0, 0.05) is 29.1 Å². The molecule has 2 aromatic carbocycles. The Morgan fingerprint density at radius 2 is 1.88 bits per heavy atom. The maximum atomic E-state index is 12.1. The van der Waals surface area contributed by atoms with E-state index in [9.17, 15) is 14.9 Å². The molecule has 0 spiro atoms. The Hall–Kier alpha value is -3.29. The van der Waals surface area contributed by atoms with Crippen LogP contribution >= 0.6 is 0 Å². The third-order valence-electron chi connectivity index (χ3n) is 3.61. The second-order valence-electron chi connectivity index (χ2n) is 5.18. The molecule has 0 radical (unpaired) electrons. The zero-order valence-corrected chi connectivity index (χ0v) is 14.2. The average Bonchev–Trinajstić information content (AvgIpc) is 2.60. The van der Waals surface area contributed by atoms with E-state index >= 15 is 0 Å². The maximum absolute atomic E-state index is 12.1.